The third-order valence-corrected chi connectivity index (χ3v) is 3.69. The number of rotatable bonds is 5. The molecule has 0 spiro atoms. The van der Waals surface area contributed by atoms with E-state index in [1.54, 1.807) is 0 Å². The standard InChI is InChI=1S/C19H26N2/c1-14(2)20-13-17-11-16(4)9-10-19(17)21(5)18-8-6-7-15(3)12-18/h6-12,14,20H,13H2,1-5H3. The number of nitrogens with zero attached hydrogens (tertiary/aromatic N) is 1. The molecule has 2 rings (SSSR count). The Labute approximate surface area is 128 Å². The van der Waals surface area contributed by atoms with Gasteiger partial charge in [0.05, 0.1) is 0 Å². The van der Waals surface area contributed by atoms with E-state index < -0.39 is 0 Å². The van der Waals surface area contributed by atoms with Gasteiger partial charge in [-0.3, -0.25) is 0 Å². The van der Waals surface area contributed by atoms with Crippen LogP contribution in [-0.4, -0.2) is 13.1 Å². The lowest BCUT2D eigenvalue weighted by Crippen LogP contribution is -2.23. The molecule has 0 aromatic heterocycles. The second-order valence-electron chi connectivity index (χ2n) is 6.07. The van der Waals surface area contributed by atoms with Crippen molar-refractivity contribution >= 4 is 11.4 Å². The summed E-state index contributed by atoms with van der Waals surface area (Å²) in [5.74, 6) is 0. The van der Waals surface area contributed by atoms with Gasteiger partial charge in [-0.15, -0.1) is 0 Å². The highest BCUT2D eigenvalue weighted by atomic mass is 15.1. The van der Waals surface area contributed by atoms with Crippen LogP contribution in [0, 0.1) is 13.8 Å². The van der Waals surface area contributed by atoms with Gasteiger partial charge in [0.2, 0.25) is 0 Å². The van der Waals surface area contributed by atoms with Crippen LogP contribution in [0.25, 0.3) is 0 Å². The molecule has 0 heterocycles. The minimum atomic E-state index is 0.489. The molecule has 112 valence electrons. The highest BCUT2D eigenvalue weighted by Crippen LogP contribution is 2.28. The number of benzene rings is 2. The number of nitrogens with one attached hydrogen (secondary N) is 1. The fraction of sp³-hybridized carbons (Fsp3) is 0.368. The molecule has 1 N–H and O–H groups in total. The van der Waals surface area contributed by atoms with Gasteiger partial charge in [-0.2, -0.15) is 0 Å². The van der Waals surface area contributed by atoms with Crippen LogP contribution >= 0.6 is 0 Å². The van der Waals surface area contributed by atoms with E-state index in [0.717, 1.165) is 6.54 Å². The van der Waals surface area contributed by atoms with Crippen LogP contribution in [0.3, 0.4) is 0 Å². The fourth-order valence-corrected chi connectivity index (χ4v) is 2.47. The zero-order valence-corrected chi connectivity index (χ0v) is 13.8. The molecule has 2 aromatic rings. The van der Waals surface area contributed by atoms with E-state index in [1.165, 1.54) is 28.1 Å². The minimum absolute atomic E-state index is 0.489. The zero-order valence-electron chi connectivity index (χ0n) is 13.8. The largest absolute Gasteiger partial charge is 0.344 e. The molecular weight excluding hydrogens is 256 g/mol. The second kappa shape index (κ2) is 6.77. The zero-order chi connectivity index (χ0) is 15.4. The summed E-state index contributed by atoms with van der Waals surface area (Å²) in [7, 11) is 2.14. The Bertz CT molecular complexity index is 602. The van der Waals surface area contributed by atoms with Crippen LogP contribution in [0.2, 0.25) is 0 Å². The molecular formula is C19H26N2. The van der Waals surface area contributed by atoms with Crippen LogP contribution in [0.15, 0.2) is 42.5 Å². The number of hydrogen-bond donors (Lipinski definition) is 1. The predicted molar refractivity (Wildman–Crippen MR) is 92.4 cm³/mol. The second-order valence-corrected chi connectivity index (χ2v) is 6.07. The van der Waals surface area contributed by atoms with Crippen LogP contribution in [-0.2, 0) is 6.54 Å². The molecule has 0 radical (unpaired) electrons. The summed E-state index contributed by atoms with van der Waals surface area (Å²) in [6, 6.07) is 15.8. The lowest BCUT2D eigenvalue weighted by atomic mass is 10.1. The molecule has 2 aromatic carbocycles. The lowest BCUT2D eigenvalue weighted by Gasteiger charge is -2.24. The van der Waals surface area contributed by atoms with Crippen LogP contribution in [0.4, 0.5) is 11.4 Å². The first-order valence-electron chi connectivity index (χ1n) is 7.60. The minimum Gasteiger partial charge on any atom is -0.344 e. The van der Waals surface area contributed by atoms with Crippen molar-refractivity contribution in [3.63, 3.8) is 0 Å². The van der Waals surface area contributed by atoms with Crippen LogP contribution in [0.5, 0.6) is 0 Å². The summed E-state index contributed by atoms with van der Waals surface area (Å²) < 4.78 is 0. The summed E-state index contributed by atoms with van der Waals surface area (Å²) in [5.41, 5.74) is 6.42. The van der Waals surface area contributed by atoms with Crippen molar-refractivity contribution in [2.75, 3.05) is 11.9 Å². The Kier molecular flexibility index (Phi) is 5.03. The number of hydrogen-bond acceptors (Lipinski definition) is 2. The van der Waals surface area contributed by atoms with Gasteiger partial charge < -0.3 is 10.2 Å². The number of anilines is 2. The molecule has 0 saturated carbocycles. The van der Waals surface area contributed by atoms with Crippen molar-refractivity contribution in [3.05, 3.63) is 59.2 Å². The Morgan fingerprint density at radius 1 is 1.00 bits per heavy atom. The molecule has 0 bridgehead atoms. The van der Waals surface area contributed by atoms with Gasteiger partial charge in [0, 0.05) is 31.0 Å². The summed E-state index contributed by atoms with van der Waals surface area (Å²) in [4.78, 5) is 2.27. The first-order chi connectivity index (χ1) is 9.97. The average molecular weight is 282 g/mol. The normalized spacial score (nSPS) is 11.0. The highest BCUT2D eigenvalue weighted by molar-refractivity contribution is 5.66. The van der Waals surface area contributed by atoms with E-state index in [4.69, 9.17) is 0 Å². The van der Waals surface area contributed by atoms with Gasteiger partial charge in [-0.25, -0.2) is 0 Å². The Morgan fingerprint density at radius 2 is 1.71 bits per heavy atom. The van der Waals surface area contributed by atoms with E-state index in [1.807, 2.05) is 0 Å². The first kappa shape index (κ1) is 15.6. The van der Waals surface area contributed by atoms with Gasteiger partial charge in [0.1, 0.15) is 0 Å². The topological polar surface area (TPSA) is 15.3 Å². The number of aryl methyl sites for hydroxylation is 2. The monoisotopic (exact) mass is 282 g/mol. The lowest BCUT2D eigenvalue weighted by molar-refractivity contribution is 0.589. The fourth-order valence-electron chi connectivity index (χ4n) is 2.47. The van der Waals surface area contributed by atoms with Crippen molar-refractivity contribution in [3.8, 4) is 0 Å². The molecule has 2 heteroatoms. The van der Waals surface area contributed by atoms with Crippen molar-refractivity contribution < 1.29 is 0 Å². The maximum absolute atomic E-state index is 3.52. The summed E-state index contributed by atoms with van der Waals surface area (Å²) >= 11 is 0. The maximum Gasteiger partial charge on any atom is 0.0453 e. The van der Waals surface area contributed by atoms with Crippen molar-refractivity contribution in [1.82, 2.24) is 5.32 Å². The van der Waals surface area contributed by atoms with Gasteiger partial charge >= 0.3 is 0 Å². The Morgan fingerprint density at radius 3 is 2.38 bits per heavy atom. The van der Waals surface area contributed by atoms with Crippen molar-refractivity contribution in [2.45, 2.75) is 40.3 Å². The Hall–Kier alpha value is -1.80. The molecule has 0 aliphatic rings. The van der Waals surface area contributed by atoms with Crippen molar-refractivity contribution in [2.24, 2.45) is 0 Å². The summed E-state index contributed by atoms with van der Waals surface area (Å²) in [6.45, 7) is 9.54. The maximum atomic E-state index is 3.52. The van der Waals surface area contributed by atoms with E-state index in [9.17, 15) is 0 Å². The molecule has 0 fully saturated rings. The molecule has 0 atom stereocenters. The average Bonchev–Trinajstić information content (AvgIpc) is 2.44. The molecule has 0 saturated heterocycles. The Balaban J connectivity index is 2.33. The van der Waals surface area contributed by atoms with Gasteiger partial charge in [0.25, 0.3) is 0 Å². The summed E-state index contributed by atoms with van der Waals surface area (Å²) in [6.07, 6.45) is 0. The molecule has 0 aliphatic carbocycles. The van der Waals surface area contributed by atoms with E-state index >= 15 is 0 Å². The van der Waals surface area contributed by atoms with Gasteiger partial charge in [-0.05, 0) is 43.2 Å². The molecule has 0 unspecified atom stereocenters. The van der Waals surface area contributed by atoms with Crippen LogP contribution in [0.1, 0.15) is 30.5 Å². The predicted octanol–water partition coefficient (Wildman–Crippen LogP) is 4.57. The van der Waals surface area contributed by atoms with Crippen molar-refractivity contribution in [1.29, 1.82) is 0 Å². The van der Waals surface area contributed by atoms with E-state index in [2.05, 4.69) is 87.4 Å². The van der Waals surface area contributed by atoms with E-state index in [0.29, 0.717) is 6.04 Å². The summed E-state index contributed by atoms with van der Waals surface area (Å²) in [5, 5.41) is 3.52. The van der Waals surface area contributed by atoms with Crippen LogP contribution < -0.4 is 10.2 Å². The SMILES string of the molecule is Cc1cccc(N(C)c2ccc(C)cc2CNC(C)C)c1. The third kappa shape index (κ3) is 4.08. The third-order valence-electron chi connectivity index (χ3n) is 3.69. The van der Waals surface area contributed by atoms with E-state index in [-0.39, 0.29) is 0 Å². The molecule has 0 amide bonds. The first-order valence-corrected chi connectivity index (χ1v) is 7.60. The smallest absolute Gasteiger partial charge is 0.0453 e. The van der Waals surface area contributed by atoms with Gasteiger partial charge in [0.15, 0.2) is 0 Å². The quantitative estimate of drug-likeness (QED) is 0.864. The molecule has 21 heavy (non-hydrogen) atoms. The molecule has 0 aliphatic heterocycles. The molecule has 2 nitrogen and oxygen atoms in total. The van der Waals surface area contributed by atoms with Gasteiger partial charge in [-0.1, -0.05) is 43.7 Å². The highest BCUT2D eigenvalue weighted by Gasteiger charge is 2.10.